The molecule has 0 aliphatic heterocycles. The summed E-state index contributed by atoms with van der Waals surface area (Å²) in [6.45, 7) is 3.79. The number of carbonyl (C=O) groups excluding carboxylic acids is 1. The molecule has 0 radical (unpaired) electrons. The molecule has 0 aliphatic rings. The van der Waals surface area contributed by atoms with Crippen LogP contribution in [-0.2, 0) is 11.2 Å². The van der Waals surface area contributed by atoms with Crippen molar-refractivity contribution in [3.8, 4) is 11.8 Å². The zero-order valence-corrected chi connectivity index (χ0v) is 9.28. The summed E-state index contributed by atoms with van der Waals surface area (Å²) >= 11 is 0. The number of aromatic hydroxyl groups is 1. The molecule has 4 nitrogen and oxygen atoms in total. The maximum atomic E-state index is 11.6. The third-order valence-corrected chi connectivity index (χ3v) is 2.25. The van der Waals surface area contributed by atoms with Crippen LogP contribution in [0.3, 0.4) is 0 Å². The van der Waals surface area contributed by atoms with Crippen molar-refractivity contribution in [1.82, 2.24) is 0 Å². The fourth-order valence-corrected chi connectivity index (χ4v) is 1.45. The van der Waals surface area contributed by atoms with E-state index in [0.29, 0.717) is 12.0 Å². The van der Waals surface area contributed by atoms with Gasteiger partial charge in [0.05, 0.1) is 12.2 Å². The molecule has 0 saturated carbocycles. The highest BCUT2D eigenvalue weighted by Crippen LogP contribution is 2.26. The van der Waals surface area contributed by atoms with Crippen LogP contribution in [0.25, 0.3) is 0 Å². The van der Waals surface area contributed by atoms with Gasteiger partial charge < -0.3 is 9.84 Å². The third kappa shape index (κ3) is 2.14. The molecule has 0 saturated heterocycles. The molecule has 0 atom stereocenters. The molecule has 0 bridgehead atoms. The van der Waals surface area contributed by atoms with Crippen molar-refractivity contribution in [2.45, 2.75) is 20.3 Å². The van der Waals surface area contributed by atoms with Gasteiger partial charge in [-0.15, -0.1) is 0 Å². The summed E-state index contributed by atoms with van der Waals surface area (Å²) in [6.07, 6.45) is 0.591. The normalized spacial score (nSPS) is 9.56. The van der Waals surface area contributed by atoms with Crippen molar-refractivity contribution in [2.24, 2.45) is 0 Å². The minimum absolute atomic E-state index is 0.0836. The predicted octanol–water partition coefficient (Wildman–Crippen LogP) is 2.00. The lowest BCUT2D eigenvalue weighted by molar-refractivity contribution is 0.0521. The third-order valence-electron chi connectivity index (χ3n) is 2.25. The van der Waals surface area contributed by atoms with Crippen molar-refractivity contribution in [3.05, 3.63) is 28.8 Å². The van der Waals surface area contributed by atoms with Crippen molar-refractivity contribution in [2.75, 3.05) is 6.61 Å². The van der Waals surface area contributed by atoms with Gasteiger partial charge in [0.15, 0.2) is 0 Å². The SMILES string of the molecule is CCOC(=O)c1c(CC)ccc(C#N)c1O. The minimum Gasteiger partial charge on any atom is -0.506 e. The number of hydrogen-bond donors (Lipinski definition) is 1. The van der Waals surface area contributed by atoms with Crippen LogP contribution in [0.1, 0.15) is 35.3 Å². The molecule has 0 amide bonds. The summed E-state index contributed by atoms with van der Waals surface area (Å²) in [5.74, 6) is -0.880. The maximum Gasteiger partial charge on any atom is 0.342 e. The first-order valence-electron chi connectivity index (χ1n) is 5.07. The van der Waals surface area contributed by atoms with Crippen LogP contribution in [0, 0.1) is 11.3 Å². The highest BCUT2D eigenvalue weighted by Gasteiger charge is 2.19. The Bertz CT molecular complexity index is 446. The van der Waals surface area contributed by atoms with Gasteiger partial charge in [0.25, 0.3) is 0 Å². The summed E-state index contributed by atoms with van der Waals surface area (Å²) < 4.78 is 4.84. The van der Waals surface area contributed by atoms with Crippen LogP contribution < -0.4 is 0 Å². The molecule has 1 aromatic carbocycles. The van der Waals surface area contributed by atoms with Crippen LogP contribution in [0.15, 0.2) is 12.1 Å². The van der Waals surface area contributed by atoms with E-state index in [2.05, 4.69) is 0 Å². The van der Waals surface area contributed by atoms with Crippen molar-refractivity contribution in [1.29, 1.82) is 5.26 Å². The van der Waals surface area contributed by atoms with E-state index in [1.807, 2.05) is 13.0 Å². The Morgan fingerprint density at radius 3 is 2.69 bits per heavy atom. The molecule has 1 N–H and O–H groups in total. The van der Waals surface area contributed by atoms with Crippen LogP contribution in [0.4, 0.5) is 0 Å². The van der Waals surface area contributed by atoms with Crippen molar-refractivity contribution in [3.63, 3.8) is 0 Å². The Labute approximate surface area is 94.1 Å². The molecule has 1 aromatic rings. The van der Waals surface area contributed by atoms with Crippen LogP contribution in [-0.4, -0.2) is 17.7 Å². The number of nitrogens with zero attached hydrogens (tertiary/aromatic N) is 1. The molecule has 0 spiro atoms. The van der Waals surface area contributed by atoms with Gasteiger partial charge in [-0.25, -0.2) is 4.79 Å². The van der Waals surface area contributed by atoms with Crippen molar-refractivity contribution >= 4 is 5.97 Å². The fraction of sp³-hybridized carbons (Fsp3) is 0.333. The van der Waals surface area contributed by atoms with E-state index in [-0.39, 0.29) is 23.5 Å². The standard InChI is InChI=1S/C12H13NO3/c1-3-8-5-6-9(7-13)11(14)10(8)12(15)16-4-2/h5-6,14H,3-4H2,1-2H3. The van der Waals surface area contributed by atoms with Gasteiger partial charge >= 0.3 is 5.97 Å². The summed E-state index contributed by atoms with van der Waals surface area (Å²) in [5, 5.41) is 18.5. The van der Waals surface area contributed by atoms with E-state index in [1.165, 1.54) is 6.07 Å². The number of carbonyl (C=O) groups is 1. The topological polar surface area (TPSA) is 70.3 Å². The maximum absolute atomic E-state index is 11.6. The molecule has 16 heavy (non-hydrogen) atoms. The number of aryl methyl sites for hydroxylation is 1. The molecule has 0 heterocycles. The van der Waals surface area contributed by atoms with Gasteiger partial charge in [-0.3, -0.25) is 0 Å². The first kappa shape index (κ1) is 12.1. The van der Waals surface area contributed by atoms with Crippen LogP contribution in [0.2, 0.25) is 0 Å². The average Bonchev–Trinajstić information content (AvgIpc) is 2.28. The summed E-state index contributed by atoms with van der Waals surface area (Å²) in [7, 11) is 0. The molecular formula is C12H13NO3. The number of hydrogen-bond acceptors (Lipinski definition) is 4. The van der Waals surface area contributed by atoms with E-state index in [1.54, 1.807) is 13.0 Å². The Hall–Kier alpha value is -2.02. The summed E-state index contributed by atoms with van der Waals surface area (Å²) in [6, 6.07) is 4.98. The van der Waals surface area contributed by atoms with Gasteiger partial charge in [-0.05, 0) is 25.0 Å². The lowest BCUT2D eigenvalue weighted by Crippen LogP contribution is -2.09. The fourth-order valence-electron chi connectivity index (χ4n) is 1.45. The molecule has 84 valence electrons. The van der Waals surface area contributed by atoms with Gasteiger partial charge in [0.1, 0.15) is 17.4 Å². The molecule has 4 heteroatoms. The van der Waals surface area contributed by atoms with Crippen molar-refractivity contribution < 1.29 is 14.6 Å². The van der Waals surface area contributed by atoms with Crippen LogP contribution >= 0.6 is 0 Å². The van der Waals surface area contributed by atoms with Crippen LogP contribution in [0.5, 0.6) is 5.75 Å². The number of phenols is 1. The number of nitriles is 1. The number of benzene rings is 1. The van der Waals surface area contributed by atoms with E-state index < -0.39 is 5.97 Å². The lowest BCUT2D eigenvalue weighted by atomic mass is 10.0. The summed E-state index contributed by atoms with van der Waals surface area (Å²) in [5.41, 5.74) is 0.860. The van der Waals surface area contributed by atoms with E-state index in [9.17, 15) is 9.90 Å². The van der Waals surface area contributed by atoms with Gasteiger partial charge in [0.2, 0.25) is 0 Å². The first-order valence-corrected chi connectivity index (χ1v) is 5.07. The van der Waals surface area contributed by atoms with E-state index in [4.69, 9.17) is 10.00 Å². The molecule has 1 rings (SSSR count). The van der Waals surface area contributed by atoms with Gasteiger partial charge in [-0.2, -0.15) is 5.26 Å². The minimum atomic E-state index is -0.589. The largest absolute Gasteiger partial charge is 0.506 e. The second kappa shape index (κ2) is 5.17. The van der Waals surface area contributed by atoms with E-state index in [0.717, 1.165) is 0 Å². The van der Waals surface area contributed by atoms with Gasteiger partial charge in [0, 0.05) is 0 Å². The first-order chi connectivity index (χ1) is 7.65. The number of rotatable bonds is 3. The Morgan fingerprint density at radius 2 is 2.19 bits per heavy atom. The molecule has 0 aliphatic carbocycles. The highest BCUT2D eigenvalue weighted by molar-refractivity contribution is 5.95. The molecule has 0 fully saturated rings. The molecule has 0 unspecified atom stereocenters. The Balaban J connectivity index is 3.33. The quantitative estimate of drug-likeness (QED) is 0.789. The molecular weight excluding hydrogens is 206 g/mol. The zero-order chi connectivity index (χ0) is 12.1. The lowest BCUT2D eigenvalue weighted by Gasteiger charge is -2.09. The Morgan fingerprint density at radius 1 is 1.50 bits per heavy atom. The second-order valence-electron chi connectivity index (χ2n) is 3.18. The average molecular weight is 219 g/mol. The second-order valence-corrected chi connectivity index (χ2v) is 3.18. The number of phenolic OH excluding ortho intramolecular Hbond substituents is 1. The molecule has 0 aromatic heterocycles. The number of esters is 1. The smallest absolute Gasteiger partial charge is 0.342 e. The zero-order valence-electron chi connectivity index (χ0n) is 9.28. The monoisotopic (exact) mass is 219 g/mol. The summed E-state index contributed by atoms with van der Waals surface area (Å²) in [4.78, 5) is 11.6. The van der Waals surface area contributed by atoms with Gasteiger partial charge in [-0.1, -0.05) is 13.0 Å². The number of ether oxygens (including phenoxy) is 1. The van der Waals surface area contributed by atoms with E-state index >= 15 is 0 Å². The predicted molar refractivity (Wildman–Crippen MR) is 58.2 cm³/mol. The Kier molecular flexibility index (Phi) is 3.90. The highest BCUT2D eigenvalue weighted by atomic mass is 16.5.